The Morgan fingerprint density at radius 3 is 2.10 bits per heavy atom. The quantitative estimate of drug-likeness (QED) is 0.731. The van der Waals surface area contributed by atoms with Crippen molar-refractivity contribution in [3.05, 3.63) is 0 Å². The van der Waals surface area contributed by atoms with Gasteiger partial charge in [0.15, 0.2) is 0 Å². The summed E-state index contributed by atoms with van der Waals surface area (Å²) in [5.41, 5.74) is 0. The van der Waals surface area contributed by atoms with Gasteiger partial charge in [-0.3, -0.25) is 0 Å². The molecule has 3 nitrogen and oxygen atoms in total. The lowest BCUT2D eigenvalue weighted by atomic mass is 9.85. The van der Waals surface area contributed by atoms with Gasteiger partial charge in [0, 0.05) is 12.6 Å². The van der Waals surface area contributed by atoms with Gasteiger partial charge >= 0.3 is 12.4 Å². The Bertz CT molecular complexity index is 306. The highest BCUT2D eigenvalue weighted by molar-refractivity contribution is 4.98. The average molecular weight is 323 g/mol. The molecular formula is C12H19F6NO2. The Kier molecular flexibility index (Phi) is 6.30. The molecule has 0 radical (unpaired) electrons. The molecule has 0 heterocycles. The molecule has 1 fully saturated rings. The predicted octanol–water partition coefficient (Wildman–Crippen LogP) is 3.04. The third-order valence-electron chi connectivity index (χ3n) is 3.14. The minimum absolute atomic E-state index is 0.0604. The summed E-state index contributed by atoms with van der Waals surface area (Å²) in [7, 11) is 0. The first-order valence-electron chi connectivity index (χ1n) is 6.75. The molecule has 21 heavy (non-hydrogen) atoms. The van der Waals surface area contributed by atoms with E-state index in [-0.39, 0.29) is 19.1 Å². The van der Waals surface area contributed by atoms with Crippen molar-refractivity contribution >= 4 is 0 Å². The molecule has 1 aliphatic carbocycles. The molecule has 0 bridgehead atoms. The lowest BCUT2D eigenvalue weighted by Crippen LogP contribution is -2.62. The van der Waals surface area contributed by atoms with Gasteiger partial charge in [0.2, 0.25) is 6.10 Å². The molecule has 0 saturated heterocycles. The molecule has 1 rings (SSSR count). The molecule has 0 aromatic heterocycles. The first kappa shape index (κ1) is 18.5. The van der Waals surface area contributed by atoms with Crippen LogP contribution in [-0.2, 0) is 9.47 Å². The zero-order valence-electron chi connectivity index (χ0n) is 11.7. The standard InChI is InChI=1S/C12H19F6NO2/c1-3-5-20-9-7(19-4-2)6-8(9)21-10(11(13,14)15)12(16,17)18/h7-10,19H,3-6H2,1-2H3. The molecule has 0 aromatic rings. The molecule has 0 spiro atoms. The van der Waals surface area contributed by atoms with Gasteiger partial charge in [0.05, 0.1) is 12.2 Å². The Balaban J connectivity index is 2.70. The number of halogens is 6. The van der Waals surface area contributed by atoms with Crippen LogP contribution in [0.5, 0.6) is 0 Å². The van der Waals surface area contributed by atoms with Crippen LogP contribution in [0.15, 0.2) is 0 Å². The summed E-state index contributed by atoms with van der Waals surface area (Å²) in [5.74, 6) is 0. The van der Waals surface area contributed by atoms with Crippen LogP contribution in [-0.4, -0.2) is 49.9 Å². The summed E-state index contributed by atoms with van der Waals surface area (Å²) < 4.78 is 84.4. The summed E-state index contributed by atoms with van der Waals surface area (Å²) in [6.07, 6.45) is -16.1. The van der Waals surface area contributed by atoms with Crippen LogP contribution < -0.4 is 5.32 Å². The zero-order valence-corrected chi connectivity index (χ0v) is 11.7. The van der Waals surface area contributed by atoms with E-state index in [0.29, 0.717) is 13.0 Å². The van der Waals surface area contributed by atoms with Gasteiger partial charge in [-0.25, -0.2) is 0 Å². The molecule has 0 amide bonds. The van der Waals surface area contributed by atoms with Crippen molar-refractivity contribution in [3.63, 3.8) is 0 Å². The molecule has 3 unspecified atom stereocenters. The minimum atomic E-state index is -5.49. The Morgan fingerprint density at radius 1 is 1.10 bits per heavy atom. The average Bonchev–Trinajstić information content (AvgIpc) is 2.29. The van der Waals surface area contributed by atoms with E-state index in [2.05, 4.69) is 10.1 Å². The van der Waals surface area contributed by atoms with Crippen LogP contribution in [0.3, 0.4) is 0 Å². The van der Waals surface area contributed by atoms with Crippen molar-refractivity contribution in [2.24, 2.45) is 0 Å². The molecule has 1 aliphatic rings. The summed E-state index contributed by atoms with van der Waals surface area (Å²) in [6.45, 7) is 4.39. The Labute approximate surface area is 119 Å². The van der Waals surface area contributed by atoms with E-state index in [9.17, 15) is 26.3 Å². The minimum Gasteiger partial charge on any atom is -0.374 e. The smallest absolute Gasteiger partial charge is 0.374 e. The van der Waals surface area contributed by atoms with Gasteiger partial charge in [-0.2, -0.15) is 26.3 Å². The van der Waals surface area contributed by atoms with Crippen molar-refractivity contribution in [3.8, 4) is 0 Å². The van der Waals surface area contributed by atoms with E-state index < -0.39 is 30.7 Å². The number of hydrogen-bond donors (Lipinski definition) is 1. The van der Waals surface area contributed by atoms with Crippen molar-refractivity contribution in [1.82, 2.24) is 5.32 Å². The first-order valence-corrected chi connectivity index (χ1v) is 6.75. The van der Waals surface area contributed by atoms with Crippen LogP contribution in [0.1, 0.15) is 26.7 Å². The highest BCUT2D eigenvalue weighted by Crippen LogP contribution is 2.39. The van der Waals surface area contributed by atoms with Gasteiger partial charge in [-0.15, -0.1) is 0 Å². The Morgan fingerprint density at radius 2 is 1.67 bits per heavy atom. The van der Waals surface area contributed by atoms with Gasteiger partial charge in [0.1, 0.15) is 0 Å². The van der Waals surface area contributed by atoms with E-state index in [0.717, 1.165) is 0 Å². The molecule has 1 N–H and O–H groups in total. The number of hydrogen-bond acceptors (Lipinski definition) is 3. The number of ether oxygens (including phenoxy) is 2. The van der Waals surface area contributed by atoms with Gasteiger partial charge in [-0.05, 0) is 19.4 Å². The SMILES string of the molecule is CCCOC1C(NCC)CC1OC(C(F)(F)F)C(F)(F)F. The number of rotatable bonds is 7. The second kappa shape index (κ2) is 7.15. The van der Waals surface area contributed by atoms with Crippen molar-refractivity contribution < 1.29 is 35.8 Å². The summed E-state index contributed by atoms with van der Waals surface area (Å²) >= 11 is 0. The van der Waals surface area contributed by atoms with Gasteiger partial charge in [-0.1, -0.05) is 13.8 Å². The molecule has 1 saturated carbocycles. The lowest BCUT2D eigenvalue weighted by Gasteiger charge is -2.45. The molecule has 3 atom stereocenters. The summed E-state index contributed by atoms with van der Waals surface area (Å²) in [4.78, 5) is 0. The normalized spacial score (nSPS) is 27.0. The molecule has 9 heteroatoms. The maximum atomic E-state index is 12.5. The van der Waals surface area contributed by atoms with E-state index >= 15 is 0 Å². The van der Waals surface area contributed by atoms with Crippen LogP contribution in [0.25, 0.3) is 0 Å². The fourth-order valence-corrected chi connectivity index (χ4v) is 2.17. The van der Waals surface area contributed by atoms with Crippen LogP contribution in [0.4, 0.5) is 26.3 Å². The van der Waals surface area contributed by atoms with Crippen LogP contribution >= 0.6 is 0 Å². The van der Waals surface area contributed by atoms with Crippen molar-refractivity contribution in [2.45, 2.75) is 63.4 Å². The third kappa shape index (κ3) is 5.00. The van der Waals surface area contributed by atoms with Crippen LogP contribution in [0.2, 0.25) is 0 Å². The van der Waals surface area contributed by atoms with E-state index in [1.165, 1.54) is 0 Å². The van der Waals surface area contributed by atoms with Gasteiger partial charge < -0.3 is 14.8 Å². The van der Waals surface area contributed by atoms with Crippen molar-refractivity contribution in [2.75, 3.05) is 13.2 Å². The molecular weight excluding hydrogens is 304 g/mol. The van der Waals surface area contributed by atoms with Crippen molar-refractivity contribution in [1.29, 1.82) is 0 Å². The second-order valence-electron chi connectivity index (χ2n) is 4.87. The van der Waals surface area contributed by atoms with E-state index in [4.69, 9.17) is 4.74 Å². The maximum absolute atomic E-state index is 12.5. The lowest BCUT2D eigenvalue weighted by molar-refractivity contribution is -0.345. The number of alkyl halides is 6. The Hall–Kier alpha value is -0.540. The van der Waals surface area contributed by atoms with Crippen LogP contribution in [0, 0.1) is 0 Å². The second-order valence-corrected chi connectivity index (χ2v) is 4.87. The summed E-state index contributed by atoms with van der Waals surface area (Å²) in [6, 6.07) is -0.284. The highest BCUT2D eigenvalue weighted by atomic mass is 19.4. The fourth-order valence-electron chi connectivity index (χ4n) is 2.17. The van der Waals surface area contributed by atoms with E-state index in [1.54, 1.807) is 13.8 Å². The fraction of sp³-hybridized carbons (Fsp3) is 1.00. The largest absolute Gasteiger partial charge is 0.423 e. The molecule has 0 aliphatic heterocycles. The molecule has 126 valence electrons. The molecule has 0 aromatic carbocycles. The van der Waals surface area contributed by atoms with Gasteiger partial charge in [0.25, 0.3) is 0 Å². The predicted molar refractivity (Wildman–Crippen MR) is 62.9 cm³/mol. The number of nitrogens with one attached hydrogen (secondary N) is 1. The zero-order chi connectivity index (χ0) is 16.3. The first-order chi connectivity index (χ1) is 9.61. The monoisotopic (exact) mass is 323 g/mol. The topological polar surface area (TPSA) is 30.5 Å². The third-order valence-corrected chi connectivity index (χ3v) is 3.14. The maximum Gasteiger partial charge on any atom is 0.423 e. The summed E-state index contributed by atoms with van der Waals surface area (Å²) in [5, 5.41) is 2.95. The highest BCUT2D eigenvalue weighted by Gasteiger charge is 2.60. The number of likely N-dealkylation sites (N-methyl/N-ethyl adjacent to an activating group) is 1. The van der Waals surface area contributed by atoms with E-state index in [1.807, 2.05) is 0 Å².